The van der Waals surface area contributed by atoms with Crippen LogP contribution in [0.1, 0.15) is 0 Å². The highest BCUT2D eigenvalue weighted by atomic mass is 16.5. The first-order valence-electron chi connectivity index (χ1n) is 8.31. The van der Waals surface area contributed by atoms with E-state index in [1.807, 2.05) is 28.0 Å². The molecular formula is C17H25N3O4. The highest BCUT2D eigenvalue weighted by Gasteiger charge is 2.26. The number of rotatable bonds is 3. The van der Waals surface area contributed by atoms with Crippen LogP contribution in [-0.2, 0) is 4.74 Å². The molecule has 7 heteroatoms. The third-order valence-electron chi connectivity index (χ3n) is 4.56. The summed E-state index contributed by atoms with van der Waals surface area (Å²) in [6.07, 6.45) is 0. The van der Waals surface area contributed by atoms with Gasteiger partial charge >= 0.3 is 6.03 Å². The molecule has 0 bridgehead atoms. The van der Waals surface area contributed by atoms with E-state index in [0.29, 0.717) is 26.3 Å². The first kappa shape index (κ1) is 16.7. The largest absolute Gasteiger partial charge is 0.493 e. The number of carbonyl (C=O) groups is 1. The Bertz CT molecular complexity index is 567. The summed E-state index contributed by atoms with van der Waals surface area (Å²) >= 11 is 0. The Morgan fingerprint density at radius 3 is 2.17 bits per heavy atom. The van der Waals surface area contributed by atoms with E-state index in [4.69, 9.17) is 14.2 Å². The summed E-state index contributed by atoms with van der Waals surface area (Å²) in [5, 5.41) is 0. The summed E-state index contributed by atoms with van der Waals surface area (Å²) in [6.45, 7) is 5.73. The molecule has 7 nitrogen and oxygen atoms in total. The second kappa shape index (κ2) is 7.61. The van der Waals surface area contributed by atoms with Crippen molar-refractivity contribution in [3.05, 3.63) is 18.2 Å². The van der Waals surface area contributed by atoms with Crippen molar-refractivity contribution in [3.8, 4) is 11.5 Å². The van der Waals surface area contributed by atoms with Crippen LogP contribution in [0.2, 0.25) is 0 Å². The third-order valence-corrected chi connectivity index (χ3v) is 4.56. The maximum atomic E-state index is 12.5. The number of amides is 2. The molecule has 0 N–H and O–H groups in total. The predicted molar refractivity (Wildman–Crippen MR) is 91.1 cm³/mol. The Kier molecular flexibility index (Phi) is 5.30. The normalized spacial score (nSPS) is 18.5. The fraction of sp³-hybridized carbons (Fsp3) is 0.588. The minimum Gasteiger partial charge on any atom is -0.493 e. The number of methoxy groups -OCH3 is 2. The Labute approximate surface area is 142 Å². The zero-order valence-corrected chi connectivity index (χ0v) is 14.4. The van der Waals surface area contributed by atoms with E-state index in [1.165, 1.54) is 0 Å². The van der Waals surface area contributed by atoms with E-state index in [0.717, 1.165) is 43.4 Å². The average molecular weight is 335 g/mol. The van der Waals surface area contributed by atoms with Gasteiger partial charge in [-0.05, 0) is 12.1 Å². The van der Waals surface area contributed by atoms with Gasteiger partial charge in [0.1, 0.15) is 0 Å². The van der Waals surface area contributed by atoms with Crippen LogP contribution in [0.4, 0.5) is 10.5 Å². The van der Waals surface area contributed by atoms with Crippen molar-refractivity contribution in [2.24, 2.45) is 0 Å². The quantitative estimate of drug-likeness (QED) is 0.833. The molecular weight excluding hydrogens is 310 g/mol. The Balaban J connectivity index is 1.59. The summed E-state index contributed by atoms with van der Waals surface area (Å²) in [4.78, 5) is 18.6. The van der Waals surface area contributed by atoms with Crippen molar-refractivity contribution in [1.82, 2.24) is 9.80 Å². The van der Waals surface area contributed by atoms with Crippen LogP contribution in [0.25, 0.3) is 0 Å². The highest BCUT2D eigenvalue weighted by Crippen LogP contribution is 2.31. The number of urea groups is 1. The second-order valence-electron chi connectivity index (χ2n) is 5.90. The van der Waals surface area contributed by atoms with Gasteiger partial charge in [-0.15, -0.1) is 0 Å². The molecule has 2 heterocycles. The van der Waals surface area contributed by atoms with Gasteiger partial charge in [0, 0.05) is 51.0 Å². The minimum absolute atomic E-state index is 0.130. The summed E-state index contributed by atoms with van der Waals surface area (Å²) < 4.78 is 16.0. The van der Waals surface area contributed by atoms with Gasteiger partial charge in [-0.1, -0.05) is 0 Å². The molecule has 2 aliphatic heterocycles. The van der Waals surface area contributed by atoms with Crippen molar-refractivity contribution in [2.45, 2.75) is 0 Å². The van der Waals surface area contributed by atoms with E-state index in [2.05, 4.69) is 4.90 Å². The molecule has 2 aliphatic rings. The zero-order valence-electron chi connectivity index (χ0n) is 14.4. The molecule has 0 aliphatic carbocycles. The van der Waals surface area contributed by atoms with Gasteiger partial charge in [0.25, 0.3) is 0 Å². The van der Waals surface area contributed by atoms with Crippen molar-refractivity contribution in [1.29, 1.82) is 0 Å². The molecule has 2 amide bonds. The lowest BCUT2D eigenvalue weighted by molar-refractivity contribution is 0.0428. The van der Waals surface area contributed by atoms with Crippen LogP contribution in [-0.4, -0.2) is 82.5 Å². The number of nitrogens with zero attached hydrogens (tertiary/aromatic N) is 3. The van der Waals surface area contributed by atoms with Gasteiger partial charge in [-0.25, -0.2) is 4.79 Å². The molecule has 0 saturated carbocycles. The smallest absolute Gasteiger partial charge is 0.320 e. The average Bonchev–Trinajstić information content (AvgIpc) is 2.67. The third kappa shape index (κ3) is 3.51. The van der Waals surface area contributed by atoms with Gasteiger partial charge in [0.15, 0.2) is 11.5 Å². The number of piperazine rings is 1. The molecule has 2 fully saturated rings. The lowest BCUT2D eigenvalue weighted by Crippen LogP contribution is -2.54. The van der Waals surface area contributed by atoms with Crippen LogP contribution in [0.5, 0.6) is 11.5 Å². The van der Waals surface area contributed by atoms with Crippen molar-refractivity contribution < 1.29 is 19.0 Å². The van der Waals surface area contributed by atoms with Crippen LogP contribution >= 0.6 is 0 Å². The first-order chi connectivity index (χ1) is 11.7. The van der Waals surface area contributed by atoms with Gasteiger partial charge in [0.2, 0.25) is 0 Å². The summed E-state index contributed by atoms with van der Waals surface area (Å²) in [6, 6.07) is 6.06. The predicted octanol–water partition coefficient (Wildman–Crippen LogP) is 1.28. The van der Waals surface area contributed by atoms with Crippen LogP contribution in [0, 0.1) is 0 Å². The Morgan fingerprint density at radius 2 is 1.54 bits per heavy atom. The topological polar surface area (TPSA) is 54.5 Å². The molecule has 1 aromatic rings. The maximum absolute atomic E-state index is 12.5. The standard InChI is InChI=1S/C17H25N3O4/c1-22-15-4-3-14(13-16(15)23-2)18-5-7-19(8-6-18)17(21)20-9-11-24-12-10-20/h3-4,13H,5-12H2,1-2H3. The van der Waals surface area contributed by atoms with Gasteiger partial charge in [-0.3, -0.25) is 0 Å². The number of carbonyl (C=O) groups excluding carboxylic acids is 1. The number of anilines is 1. The maximum Gasteiger partial charge on any atom is 0.320 e. The van der Waals surface area contributed by atoms with E-state index in [-0.39, 0.29) is 6.03 Å². The highest BCUT2D eigenvalue weighted by molar-refractivity contribution is 5.75. The number of hydrogen-bond donors (Lipinski definition) is 0. The minimum atomic E-state index is 0.130. The van der Waals surface area contributed by atoms with Crippen LogP contribution < -0.4 is 14.4 Å². The van der Waals surface area contributed by atoms with E-state index >= 15 is 0 Å². The molecule has 1 aromatic carbocycles. The first-order valence-corrected chi connectivity index (χ1v) is 8.31. The fourth-order valence-corrected chi connectivity index (χ4v) is 3.13. The molecule has 0 atom stereocenters. The fourth-order valence-electron chi connectivity index (χ4n) is 3.13. The summed E-state index contributed by atoms with van der Waals surface area (Å²) in [5.41, 5.74) is 1.09. The van der Waals surface area contributed by atoms with Crippen LogP contribution in [0.15, 0.2) is 18.2 Å². The van der Waals surface area contributed by atoms with Gasteiger partial charge in [0.05, 0.1) is 27.4 Å². The number of benzene rings is 1. The van der Waals surface area contributed by atoms with Gasteiger partial charge < -0.3 is 28.9 Å². The number of morpholine rings is 1. The Morgan fingerprint density at radius 1 is 0.917 bits per heavy atom. The molecule has 0 radical (unpaired) electrons. The van der Waals surface area contributed by atoms with E-state index < -0.39 is 0 Å². The monoisotopic (exact) mass is 335 g/mol. The number of ether oxygens (including phenoxy) is 3. The molecule has 2 saturated heterocycles. The Hall–Kier alpha value is -2.15. The molecule has 0 unspecified atom stereocenters. The summed E-state index contributed by atoms with van der Waals surface area (Å²) in [5.74, 6) is 1.45. The number of hydrogen-bond acceptors (Lipinski definition) is 5. The van der Waals surface area contributed by atoms with Crippen molar-refractivity contribution in [3.63, 3.8) is 0 Å². The molecule has 132 valence electrons. The molecule has 3 rings (SSSR count). The van der Waals surface area contributed by atoms with Crippen LogP contribution in [0.3, 0.4) is 0 Å². The lowest BCUT2D eigenvalue weighted by Gasteiger charge is -2.39. The van der Waals surface area contributed by atoms with Crippen molar-refractivity contribution in [2.75, 3.05) is 71.6 Å². The van der Waals surface area contributed by atoms with Gasteiger partial charge in [-0.2, -0.15) is 0 Å². The second-order valence-corrected chi connectivity index (χ2v) is 5.90. The van der Waals surface area contributed by atoms with Crippen molar-refractivity contribution >= 4 is 11.7 Å². The SMILES string of the molecule is COc1ccc(N2CCN(C(=O)N3CCOCC3)CC2)cc1OC. The zero-order chi connectivity index (χ0) is 16.9. The molecule has 24 heavy (non-hydrogen) atoms. The summed E-state index contributed by atoms with van der Waals surface area (Å²) in [7, 11) is 3.27. The van der Waals surface area contributed by atoms with E-state index in [9.17, 15) is 4.79 Å². The molecule has 0 spiro atoms. The van der Waals surface area contributed by atoms with E-state index in [1.54, 1.807) is 14.2 Å². The lowest BCUT2D eigenvalue weighted by atomic mass is 10.2. The molecule has 0 aromatic heterocycles.